The zero-order valence-corrected chi connectivity index (χ0v) is 14.2. The van der Waals surface area contributed by atoms with Crippen molar-refractivity contribution in [2.75, 3.05) is 13.1 Å². The second-order valence-electron chi connectivity index (χ2n) is 6.60. The van der Waals surface area contributed by atoms with Crippen LogP contribution in [0.15, 0.2) is 35.8 Å². The molecule has 2 aromatic heterocycles. The Labute approximate surface area is 143 Å². The summed E-state index contributed by atoms with van der Waals surface area (Å²) in [4.78, 5) is 22.1. The number of nitrogens with one attached hydrogen (secondary N) is 1. The maximum absolute atomic E-state index is 13.3. The Morgan fingerprint density at radius 1 is 1.33 bits per heavy atom. The number of aromatic nitrogens is 2. The molecule has 1 aliphatic rings. The highest BCUT2D eigenvalue weighted by Crippen LogP contribution is 2.36. The number of benzene rings is 1. The summed E-state index contributed by atoms with van der Waals surface area (Å²) in [6.45, 7) is 3.64. The van der Waals surface area contributed by atoms with Crippen molar-refractivity contribution in [3.63, 3.8) is 0 Å². The quantitative estimate of drug-likeness (QED) is 0.766. The van der Waals surface area contributed by atoms with Crippen LogP contribution in [0.4, 0.5) is 4.39 Å². The summed E-state index contributed by atoms with van der Waals surface area (Å²) in [7, 11) is 0. The van der Waals surface area contributed by atoms with Crippen LogP contribution in [0.25, 0.3) is 10.9 Å². The monoisotopic (exact) mass is 343 g/mol. The normalized spacial score (nSPS) is 17.3. The SMILES string of the molecule is CC1(c2nccs2)CCN(C(=O)c2cc3ccc(F)cc3[nH]2)CC1. The molecule has 3 heterocycles. The van der Waals surface area contributed by atoms with Crippen molar-refractivity contribution in [3.8, 4) is 0 Å². The number of carbonyl (C=O) groups excluding carboxylic acids is 1. The smallest absolute Gasteiger partial charge is 0.270 e. The second-order valence-corrected chi connectivity index (χ2v) is 7.50. The first-order chi connectivity index (χ1) is 11.5. The predicted molar refractivity (Wildman–Crippen MR) is 92.9 cm³/mol. The van der Waals surface area contributed by atoms with Gasteiger partial charge in [0.2, 0.25) is 0 Å². The highest BCUT2D eigenvalue weighted by atomic mass is 32.1. The van der Waals surface area contributed by atoms with E-state index < -0.39 is 0 Å². The highest BCUT2D eigenvalue weighted by Gasteiger charge is 2.35. The van der Waals surface area contributed by atoms with Crippen LogP contribution >= 0.6 is 11.3 Å². The number of halogens is 1. The minimum atomic E-state index is -0.305. The van der Waals surface area contributed by atoms with E-state index in [2.05, 4.69) is 16.9 Å². The number of H-pyrrole nitrogens is 1. The molecule has 4 nitrogen and oxygen atoms in total. The molecule has 1 amide bonds. The number of hydrogen-bond donors (Lipinski definition) is 1. The van der Waals surface area contributed by atoms with E-state index in [1.807, 2.05) is 16.5 Å². The van der Waals surface area contributed by atoms with Gasteiger partial charge in [-0.25, -0.2) is 9.37 Å². The summed E-state index contributed by atoms with van der Waals surface area (Å²) in [5.74, 6) is -0.326. The Hall–Kier alpha value is -2.21. The average molecular weight is 343 g/mol. The number of aromatic amines is 1. The van der Waals surface area contributed by atoms with E-state index in [0.29, 0.717) is 24.3 Å². The van der Waals surface area contributed by atoms with Gasteiger partial charge in [-0.3, -0.25) is 4.79 Å². The molecule has 1 fully saturated rings. The van der Waals surface area contributed by atoms with Crippen LogP contribution in [0.2, 0.25) is 0 Å². The topological polar surface area (TPSA) is 49.0 Å². The maximum Gasteiger partial charge on any atom is 0.270 e. The molecule has 1 aromatic carbocycles. The fourth-order valence-corrected chi connectivity index (χ4v) is 4.18. The molecule has 24 heavy (non-hydrogen) atoms. The van der Waals surface area contributed by atoms with E-state index in [1.54, 1.807) is 23.5 Å². The summed E-state index contributed by atoms with van der Waals surface area (Å²) < 4.78 is 13.3. The number of piperidine rings is 1. The molecule has 0 unspecified atom stereocenters. The summed E-state index contributed by atoms with van der Waals surface area (Å²) in [6, 6.07) is 6.31. The molecule has 6 heteroatoms. The standard InChI is InChI=1S/C18H18FN3OS/c1-18(17-20-6-9-24-17)4-7-22(8-5-18)16(23)15-10-12-2-3-13(19)11-14(12)21-15/h2-3,6,9-11,21H,4-5,7-8H2,1H3. The molecule has 0 bridgehead atoms. The minimum absolute atomic E-state index is 0.0206. The number of nitrogens with zero attached hydrogens (tertiary/aromatic N) is 2. The Balaban J connectivity index is 1.51. The third-order valence-corrected chi connectivity index (χ3v) is 6.00. The minimum Gasteiger partial charge on any atom is -0.350 e. The number of hydrogen-bond acceptors (Lipinski definition) is 3. The molecule has 0 aliphatic carbocycles. The Morgan fingerprint density at radius 3 is 2.83 bits per heavy atom. The van der Waals surface area contributed by atoms with Crippen LogP contribution in [0.3, 0.4) is 0 Å². The Kier molecular flexibility index (Phi) is 3.64. The first-order valence-corrected chi connectivity index (χ1v) is 8.91. The van der Waals surface area contributed by atoms with Crippen LogP contribution < -0.4 is 0 Å². The van der Waals surface area contributed by atoms with Crippen LogP contribution in [0.5, 0.6) is 0 Å². The van der Waals surface area contributed by atoms with Crippen LogP contribution in [-0.4, -0.2) is 33.9 Å². The number of amides is 1. The van der Waals surface area contributed by atoms with Crippen molar-refractivity contribution >= 4 is 28.1 Å². The van der Waals surface area contributed by atoms with Crippen molar-refractivity contribution in [3.05, 3.63) is 52.4 Å². The zero-order valence-electron chi connectivity index (χ0n) is 13.4. The van der Waals surface area contributed by atoms with Crippen molar-refractivity contribution in [1.82, 2.24) is 14.9 Å². The molecular weight excluding hydrogens is 325 g/mol. The van der Waals surface area contributed by atoms with Gasteiger partial charge < -0.3 is 9.88 Å². The Bertz CT molecular complexity index is 879. The first kappa shape index (κ1) is 15.3. The van der Waals surface area contributed by atoms with Gasteiger partial charge in [-0.15, -0.1) is 11.3 Å². The van der Waals surface area contributed by atoms with Crippen LogP contribution in [0, 0.1) is 5.82 Å². The predicted octanol–water partition coefficient (Wildman–Crippen LogP) is 3.96. The van der Waals surface area contributed by atoms with Gasteiger partial charge in [0.15, 0.2) is 0 Å². The summed E-state index contributed by atoms with van der Waals surface area (Å²) >= 11 is 1.68. The van der Waals surface area contributed by atoms with E-state index in [-0.39, 0.29) is 17.1 Å². The third kappa shape index (κ3) is 2.60. The van der Waals surface area contributed by atoms with E-state index in [1.165, 1.54) is 12.1 Å². The van der Waals surface area contributed by atoms with Gasteiger partial charge >= 0.3 is 0 Å². The molecule has 1 aliphatic heterocycles. The first-order valence-electron chi connectivity index (χ1n) is 8.03. The zero-order chi connectivity index (χ0) is 16.7. The van der Waals surface area contributed by atoms with Gasteiger partial charge in [-0.1, -0.05) is 6.92 Å². The molecule has 1 saturated heterocycles. The van der Waals surface area contributed by atoms with Crippen LogP contribution in [0.1, 0.15) is 35.3 Å². The number of rotatable bonds is 2. The molecule has 4 rings (SSSR count). The molecule has 3 aromatic rings. The van der Waals surface area contributed by atoms with E-state index >= 15 is 0 Å². The lowest BCUT2D eigenvalue weighted by Crippen LogP contribution is -2.44. The van der Waals surface area contributed by atoms with Crippen molar-refractivity contribution in [1.29, 1.82) is 0 Å². The van der Waals surface area contributed by atoms with Gasteiger partial charge in [-0.2, -0.15) is 0 Å². The summed E-state index contributed by atoms with van der Waals surface area (Å²) in [5, 5.41) is 4.00. The van der Waals surface area contributed by atoms with E-state index in [9.17, 15) is 9.18 Å². The lowest BCUT2D eigenvalue weighted by molar-refractivity contribution is 0.0671. The molecule has 124 valence electrons. The fourth-order valence-electron chi connectivity index (χ4n) is 3.32. The molecule has 0 spiro atoms. The molecule has 0 radical (unpaired) electrons. The maximum atomic E-state index is 13.3. The van der Waals surface area contributed by atoms with Gasteiger partial charge in [0, 0.05) is 41.0 Å². The van der Waals surface area contributed by atoms with Crippen molar-refractivity contribution < 1.29 is 9.18 Å². The number of likely N-dealkylation sites (tertiary alicyclic amines) is 1. The van der Waals surface area contributed by atoms with Gasteiger partial charge in [0.25, 0.3) is 5.91 Å². The van der Waals surface area contributed by atoms with Gasteiger partial charge in [0.05, 0.1) is 5.01 Å². The number of fused-ring (bicyclic) bond motifs is 1. The average Bonchev–Trinajstić information content (AvgIpc) is 3.24. The molecule has 0 atom stereocenters. The summed E-state index contributed by atoms with van der Waals surface area (Å²) in [6.07, 6.45) is 3.65. The summed E-state index contributed by atoms with van der Waals surface area (Å²) in [5.41, 5.74) is 1.23. The lowest BCUT2D eigenvalue weighted by Gasteiger charge is -2.38. The van der Waals surface area contributed by atoms with Crippen LogP contribution in [-0.2, 0) is 5.41 Å². The van der Waals surface area contributed by atoms with Crippen molar-refractivity contribution in [2.45, 2.75) is 25.2 Å². The van der Waals surface area contributed by atoms with E-state index in [0.717, 1.165) is 23.2 Å². The molecular formula is C18H18FN3OS. The van der Waals surface area contributed by atoms with E-state index in [4.69, 9.17) is 0 Å². The van der Waals surface area contributed by atoms with Gasteiger partial charge in [0.1, 0.15) is 11.5 Å². The fraction of sp³-hybridized carbons (Fsp3) is 0.333. The second kappa shape index (κ2) is 5.70. The lowest BCUT2D eigenvalue weighted by atomic mass is 9.81. The highest BCUT2D eigenvalue weighted by molar-refractivity contribution is 7.09. The molecule has 0 saturated carbocycles. The molecule has 1 N–H and O–H groups in total. The largest absolute Gasteiger partial charge is 0.350 e. The number of thiazole rings is 1. The van der Waals surface area contributed by atoms with Crippen molar-refractivity contribution in [2.24, 2.45) is 0 Å². The third-order valence-electron chi connectivity index (χ3n) is 4.92. The van der Waals surface area contributed by atoms with Gasteiger partial charge in [-0.05, 0) is 37.1 Å². The number of carbonyl (C=O) groups is 1. The Morgan fingerprint density at radius 2 is 2.12 bits per heavy atom.